The van der Waals surface area contributed by atoms with Crippen molar-refractivity contribution in [3.63, 3.8) is 0 Å². The molecule has 0 atom stereocenters. The fourth-order valence-electron chi connectivity index (χ4n) is 2.47. The van der Waals surface area contributed by atoms with Crippen LogP contribution in [0.1, 0.15) is 41.2 Å². The molecular weight excluding hydrogens is 308 g/mol. The van der Waals surface area contributed by atoms with Gasteiger partial charge in [0.2, 0.25) is 0 Å². The lowest BCUT2D eigenvalue weighted by Crippen LogP contribution is -2.30. The van der Waals surface area contributed by atoms with Crippen molar-refractivity contribution in [1.29, 1.82) is 0 Å². The van der Waals surface area contributed by atoms with E-state index >= 15 is 0 Å². The molecule has 0 radical (unpaired) electrons. The first-order valence-corrected chi connectivity index (χ1v) is 8.03. The van der Waals surface area contributed by atoms with Crippen molar-refractivity contribution in [2.45, 2.75) is 34.3 Å². The lowest BCUT2D eigenvalue weighted by molar-refractivity contribution is 0.0772. The Kier molecular flexibility index (Phi) is 5.84. The van der Waals surface area contributed by atoms with Crippen molar-refractivity contribution in [2.75, 3.05) is 20.2 Å². The maximum atomic E-state index is 12.4. The van der Waals surface area contributed by atoms with Crippen LogP contribution in [0.2, 0.25) is 0 Å². The van der Waals surface area contributed by atoms with E-state index in [1.54, 1.807) is 30.2 Å². The van der Waals surface area contributed by atoms with Crippen molar-refractivity contribution in [2.24, 2.45) is 0 Å². The molecule has 6 heteroatoms. The number of carbonyl (C=O) groups is 1. The van der Waals surface area contributed by atoms with Crippen LogP contribution in [0.15, 0.2) is 22.7 Å². The molecule has 0 fully saturated rings. The quantitative estimate of drug-likeness (QED) is 0.778. The number of hydrogen-bond acceptors (Lipinski definition) is 5. The number of amides is 1. The van der Waals surface area contributed by atoms with E-state index in [0.29, 0.717) is 36.8 Å². The summed E-state index contributed by atoms with van der Waals surface area (Å²) in [6, 6.07) is 5.23. The summed E-state index contributed by atoms with van der Waals surface area (Å²) >= 11 is 0. The maximum Gasteiger partial charge on any atom is 0.253 e. The summed E-state index contributed by atoms with van der Waals surface area (Å²) in [6.07, 6.45) is 0. The van der Waals surface area contributed by atoms with Crippen LogP contribution in [0.4, 0.5) is 0 Å². The lowest BCUT2D eigenvalue weighted by atomic mass is 10.1. The SMILES string of the molecule is CCN(CC)C(=O)c1ccc(OCc2c(C)noc2C)c(OC)c1. The third-order valence-electron chi connectivity index (χ3n) is 4.01. The minimum Gasteiger partial charge on any atom is -0.493 e. The summed E-state index contributed by atoms with van der Waals surface area (Å²) in [5.74, 6) is 1.82. The second-order valence-corrected chi connectivity index (χ2v) is 5.43. The Hall–Kier alpha value is -2.50. The molecule has 0 saturated heterocycles. The average Bonchev–Trinajstić information content (AvgIpc) is 2.92. The van der Waals surface area contributed by atoms with Gasteiger partial charge in [-0.15, -0.1) is 0 Å². The highest BCUT2D eigenvalue weighted by Gasteiger charge is 2.16. The topological polar surface area (TPSA) is 64.8 Å². The molecule has 130 valence electrons. The molecule has 1 aromatic carbocycles. The maximum absolute atomic E-state index is 12.4. The number of ether oxygens (including phenoxy) is 2. The van der Waals surface area contributed by atoms with Gasteiger partial charge in [-0.25, -0.2) is 0 Å². The highest BCUT2D eigenvalue weighted by Crippen LogP contribution is 2.30. The normalized spacial score (nSPS) is 10.5. The molecule has 0 saturated carbocycles. The van der Waals surface area contributed by atoms with Crippen molar-refractivity contribution in [3.05, 3.63) is 40.8 Å². The third-order valence-corrected chi connectivity index (χ3v) is 4.01. The monoisotopic (exact) mass is 332 g/mol. The lowest BCUT2D eigenvalue weighted by Gasteiger charge is -2.19. The molecule has 0 bridgehead atoms. The van der Waals surface area contributed by atoms with Crippen LogP contribution in [-0.4, -0.2) is 36.2 Å². The molecule has 0 aliphatic carbocycles. The van der Waals surface area contributed by atoms with Crippen molar-refractivity contribution in [1.82, 2.24) is 10.1 Å². The van der Waals surface area contributed by atoms with Gasteiger partial charge in [0.1, 0.15) is 12.4 Å². The van der Waals surface area contributed by atoms with Crippen LogP contribution in [0.25, 0.3) is 0 Å². The fourth-order valence-corrected chi connectivity index (χ4v) is 2.47. The van der Waals surface area contributed by atoms with Gasteiger partial charge in [0.05, 0.1) is 18.4 Å². The van der Waals surface area contributed by atoms with Gasteiger partial charge in [-0.1, -0.05) is 5.16 Å². The number of carbonyl (C=O) groups excluding carboxylic acids is 1. The first-order chi connectivity index (χ1) is 11.5. The molecule has 1 aromatic heterocycles. The van der Waals surface area contributed by atoms with Crippen molar-refractivity contribution < 1.29 is 18.8 Å². The Labute approximate surface area is 142 Å². The highest BCUT2D eigenvalue weighted by molar-refractivity contribution is 5.94. The Morgan fingerprint density at radius 2 is 1.92 bits per heavy atom. The van der Waals surface area contributed by atoms with E-state index in [1.807, 2.05) is 27.7 Å². The zero-order valence-corrected chi connectivity index (χ0v) is 14.9. The van der Waals surface area contributed by atoms with Crippen LogP contribution < -0.4 is 9.47 Å². The molecule has 0 aliphatic heterocycles. The van der Waals surface area contributed by atoms with E-state index in [4.69, 9.17) is 14.0 Å². The van der Waals surface area contributed by atoms with Gasteiger partial charge in [-0.2, -0.15) is 0 Å². The summed E-state index contributed by atoms with van der Waals surface area (Å²) in [5.41, 5.74) is 2.31. The number of rotatable bonds is 7. The summed E-state index contributed by atoms with van der Waals surface area (Å²) in [6.45, 7) is 9.31. The zero-order valence-electron chi connectivity index (χ0n) is 14.9. The van der Waals surface area contributed by atoms with E-state index in [0.717, 1.165) is 17.0 Å². The number of nitrogens with zero attached hydrogens (tertiary/aromatic N) is 2. The summed E-state index contributed by atoms with van der Waals surface area (Å²) in [7, 11) is 1.56. The molecule has 0 unspecified atom stereocenters. The Morgan fingerprint density at radius 1 is 1.21 bits per heavy atom. The zero-order chi connectivity index (χ0) is 17.7. The minimum atomic E-state index is -0.0180. The van der Waals surface area contributed by atoms with Gasteiger partial charge >= 0.3 is 0 Å². The number of methoxy groups -OCH3 is 1. The Balaban J connectivity index is 2.19. The second kappa shape index (κ2) is 7.86. The van der Waals surface area contributed by atoms with Crippen molar-refractivity contribution in [3.8, 4) is 11.5 Å². The van der Waals surface area contributed by atoms with Gasteiger partial charge < -0.3 is 18.9 Å². The summed E-state index contributed by atoms with van der Waals surface area (Å²) < 4.78 is 16.3. The van der Waals surface area contributed by atoms with Gasteiger partial charge in [0.15, 0.2) is 11.5 Å². The largest absolute Gasteiger partial charge is 0.493 e. The molecule has 0 aliphatic rings. The van der Waals surface area contributed by atoms with Crippen LogP contribution in [0.5, 0.6) is 11.5 Å². The van der Waals surface area contributed by atoms with Crippen LogP contribution >= 0.6 is 0 Å². The first-order valence-electron chi connectivity index (χ1n) is 8.03. The summed E-state index contributed by atoms with van der Waals surface area (Å²) in [4.78, 5) is 14.2. The van der Waals surface area contributed by atoms with Gasteiger partial charge in [-0.3, -0.25) is 4.79 Å². The number of benzene rings is 1. The van der Waals surface area contributed by atoms with Crippen LogP contribution in [-0.2, 0) is 6.61 Å². The average molecular weight is 332 g/mol. The smallest absolute Gasteiger partial charge is 0.253 e. The molecule has 2 rings (SSSR count). The van der Waals surface area contributed by atoms with E-state index in [1.165, 1.54) is 0 Å². The van der Waals surface area contributed by atoms with Crippen molar-refractivity contribution >= 4 is 5.91 Å². The third kappa shape index (κ3) is 3.69. The predicted octanol–water partition coefficient (Wildman–Crippen LogP) is 3.36. The first kappa shape index (κ1) is 17.8. The molecule has 2 aromatic rings. The number of hydrogen-bond donors (Lipinski definition) is 0. The van der Waals surface area contributed by atoms with E-state index in [2.05, 4.69) is 5.16 Å². The van der Waals surface area contributed by atoms with Gasteiger partial charge in [0.25, 0.3) is 5.91 Å². The Morgan fingerprint density at radius 3 is 2.46 bits per heavy atom. The van der Waals surface area contributed by atoms with E-state index < -0.39 is 0 Å². The molecular formula is C18H24N2O4. The number of aryl methyl sites for hydroxylation is 2. The van der Waals surface area contributed by atoms with Gasteiger partial charge in [0, 0.05) is 18.7 Å². The number of aromatic nitrogens is 1. The fraction of sp³-hybridized carbons (Fsp3) is 0.444. The Bertz CT molecular complexity index is 686. The minimum absolute atomic E-state index is 0.0180. The van der Waals surface area contributed by atoms with E-state index in [-0.39, 0.29) is 5.91 Å². The second-order valence-electron chi connectivity index (χ2n) is 5.43. The van der Waals surface area contributed by atoms with E-state index in [9.17, 15) is 4.79 Å². The molecule has 0 spiro atoms. The molecule has 1 amide bonds. The predicted molar refractivity (Wildman–Crippen MR) is 90.6 cm³/mol. The molecule has 6 nitrogen and oxygen atoms in total. The standard InChI is InChI=1S/C18H24N2O4/c1-6-20(7-2)18(21)14-8-9-16(17(10-14)22-5)23-11-15-12(3)19-24-13(15)4/h8-10H,6-7,11H2,1-5H3. The molecule has 0 N–H and O–H groups in total. The summed E-state index contributed by atoms with van der Waals surface area (Å²) in [5, 5.41) is 3.91. The molecule has 24 heavy (non-hydrogen) atoms. The van der Waals surface area contributed by atoms with Crippen LogP contribution in [0.3, 0.4) is 0 Å². The highest BCUT2D eigenvalue weighted by atomic mass is 16.5. The van der Waals surface area contributed by atoms with Crippen LogP contribution in [0, 0.1) is 13.8 Å². The van der Waals surface area contributed by atoms with Gasteiger partial charge in [-0.05, 0) is 45.9 Å². The molecule has 1 heterocycles.